The van der Waals surface area contributed by atoms with E-state index in [0.717, 1.165) is 22.4 Å². The molecule has 7 heteroatoms. The monoisotopic (exact) mass is 457 g/mol. The Bertz CT molecular complexity index is 1230. The Balaban J connectivity index is 0.000000388. The SMILES string of the molecule is C1CCNC1.Nc1ccc(CN2C(=O)C3(COc4cc5c(cc43)OCO5)c3ccccc32)cc1. The average Bonchev–Trinajstić information content (AvgIpc) is 3.66. The number of amides is 1. The summed E-state index contributed by atoms with van der Waals surface area (Å²) in [6.45, 7) is 3.41. The van der Waals surface area contributed by atoms with Crippen molar-refractivity contribution in [2.45, 2.75) is 24.8 Å². The van der Waals surface area contributed by atoms with Crippen LogP contribution in [-0.4, -0.2) is 32.4 Å². The third-order valence-corrected chi connectivity index (χ3v) is 6.92. The Morgan fingerprint density at radius 3 is 2.35 bits per heavy atom. The molecule has 0 saturated carbocycles. The van der Waals surface area contributed by atoms with E-state index >= 15 is 0 Å². The molecule has 7 rings (SSSR count). The number of para-hydroxylation sites is 1. The van der Waals surface area contributed by atoms with Gasteiger partial charge in [0.25, 0.3) is 0 Å². The Morgan fingerprint density at radius 1 is 0.882 bits per heavy atom. The molecule has 1 saturated heterocycles. The number of anilines is 2. The zero-order valence-corrected chi connectivity index (χ0v) is 18.9. The van der Waals surface area contributed by atoms with Crippen LogP contribution in [0.3, 0.4) is 0 Å². The van der Waals surface area contributed by atoms with E-state index in [4.69, 9.17) is 19.9 Å². The summed E-state index contributed by atoms with van der Waals surface area (Å²) in [5.74, 6) is 1.98. The highest BCUT2D eigenvalue weighted by Gasteiger charge is 2.57. The van der Waals surface area contributed by atoms with Crippen LogP contribution in [0, 0.1) is 0 Å². The lowest BCUT2D eigenvalue weighted by Crippen LogP contribution is -2.42. The van der Waals surface area contributed by atoms with Gasteiger partial charge in [0.05, 0.1) is 6.54 Å². The van der Waals surface area contributed by atoms with E-state index in [1.807, 2.05) is 65.6 Å². The predicted molar refractivity (Wildman–Crippen MR) is 129 cm³/mol. The number of carbonyl (C=O) groups is 1. The summed E-state index contributed by atoms with van der Waals surface area (Å²) in [5, 5.41) is 3.22. The summed E-state index contributed by atoms with van der Waals surface area (Å²) in [4.78, 5) is 15.7. The molecule has 1 amide bonds. The molecule has 0 radical (unpaired) electrons. The van der Waals surface area contributed by atoms with Crippen LogP contribution in [0.15, 0.2) is 60.7 Å². The highest BCUT2D eigenvalue weighted by atomic mass is 16.7. The van der Waals surface area contributed by atoms with Gasteiger partial charge in [0.15, 0.2) is 11.5 Å². The third-order valence-electron chi connectivity index (χ3n) is 6.92. The molecule has 0 aliphatic carbocycles. The predicted octanol–water partition coefficient (Wildman–Crippen LogP) is 3.59. The minimum atomic E-state index is -0.874. The fourth-order valence-electron chi connectivity index (χ4n) is 5.15. The van der Waals surface area contributed by atoms with Crippen LogP contribution in [0.1, 0.15) is 29.5 Å². The molecule has 1 fully saturated rings. The number of rotatable bonds is 2. The van der Waals surface area contributed by atoms with Crippen molar-refractivity contribution in [1.29, 1.82) is 0 Å². The summed E-state index contributed by atoms with van der Waals surface area (Å²) < 4.78 is 17.0. The van der Waals surface area contributed by atoms with Crippen molar-refractivity contribution in [1.82, 2.24) is 5.32 Å². The van der Waals surface area contributed by atoms with Crippen LogP contribution in [0.5, 0.6) is 17.2 Å². The number of hydrogen-bond donors (Lipinski definition) is 2. The third kappa shape index (κ3) is 3.27. The zero-order chi connectivity index (χ0) is 23.1. The lowest BCUT2D eigenvalue weighted by Gasteiger charge is -2.23. The smallest absolute Gasteiger partial charge is 0.246 e. The highest BCUT2D eigenvalue weighted by Crippen LogP contribution is 2.55. The highest BCUT2D eigenvalue weighted by molar-refractivity contribution is 6.11. The minimum absolute atomic E-state index is 0.00754. The zero-order valence-electron chi connectivity index (χ0n) is 18.9. The average molecular weight is 458 g/mol. The fraction of sp³-hybridized carbons (Fsp3) is 0.296. The quantitative estimate of drug-likeness (QED) is 0.572. The molecule has 3 N–H and O–H groups in total. The van der Waals surface area contributed by atoms with Gasteiger partial charge in [-0.3, -0.25) is 4.79 Å². The summed E-state index contributed by atoms with van der Waals surface area (Å²) >= 11 is 0. The lowest BCUT2D eigenvalue weighted by atomic mass is 9.77. The van der Waals surface area contributed by atoms with Crippen LogP contribution < -0.4 is 30.2 Å². The van der Waals surface area contributed by atoms with Crippen molar-refractivity contribution in [3.63, 3.8) is 0 Å². The van der Waals surface area contributed by atoms with E-state index in [1.54, 1.807) is 0 Å². The maximum atomic E-state index is 13.9. The van der Waals surface area contributed by atoms with Crippen LogP contribution in [0.25, 0.3) is 0 Å². The molecule has 0 bridgehead atoms. The second kappa shape index (κ2) is 8.25. The second-order valence-electron chi connectivity index (χ2n) is 9.00. The first kappa shape index (κ1) is 20.9. The Hall–Kier alpha value is -3.71. The van der Waals surface area contributed by atoms with E-state index < -0.39 is 5.41 Å². The molecule has 1 unspecified atom stereocenters. The van der Waals surface area contributed by atoms with Crippen molar-refractivity contribution in [3.05, 3.63) is 77.4 Å². The van der Waals surface area contributed by atoms with E-state index in [2.05, 4.69) is 5.32 Å². The van der Waals surface area contributed by atoms with Crippen molar-refractivity contribution >= 4 is 17.3 Å². The van der Waals surface area contributed by atoms with E-state index in [9.17, 15) is 4.79 Å². The Labute approximate surface area is 198 Å². The second-order valence-corrected chi connectivity index (χ2v) is 9.00. The number of fused-ring (bicyclic) bond motifs is 5. The molecule has 3 aromatic carbocycles. The Kier molecular flexibility index (Phi) is 5.07. The van der Waals surface area contributed by atoms with Crippen molar-refractivity contribution in [3.8, 4) is 17.2 Å². The molecule has 1 atom stereocenters. The van der Waals surface area contributed by atoms with Gasteiger partial charge < -0.3 is 30.2 Å². The van der Waals surface area contributed by atoms with Crippen LogP contribution in [0.2, 0.25) is 0 Å². The molecule has 1 spiro atoms. The van der Waals surface area contributed by atoms with Crippen molar-refractivity contribution in [2.24, 2.45) is 0 Å². The molecule has 4 aliphatic rings. The number of nitrogens with zero attached hydrogens (tertiary/aromatic N) is 1. The number of hydrogen-bond acceptors (Lipinski definition) is 6. The van der Waals surface area contributed by atoms with E-state index in [-0.39, 0.29) is 19.3 Å². The number of nitrogens with one attached hydrogen (secondary N) is 1. The molecule has 7 nitrogen and oxygen atoms in total. The van der Waals surface area contributed by atoms with Crippen molar-refractivity contribution < 1.29 is 19.0 Å². The van der Waals surface area contributed by atoms with Crippen LogP contribution in [0.4, 0.5) is 11.4 Å². The van der Waals surface area contributed by atoms with Gasteiger partial charge in [0.2, 0.25) is 12.7 Å². The standard InChI is InChI=1S/C23H18N2O4.C4H9N/c24-15-7-5-14(6-8-15)11-25-18-4-2-1-3-16(18)23(22(25)26)12-27-19-10-21-20(9-17(19)23)28-13-29-21;1-2-4-5-3-1/h1-10H,11-13,24H2;5H,1-4H2. The molecule has 4 aliphatic heterocycles. The maximum absolute atomic E-state index is 13.9. The van der Waals surface area contributed by atoms with Crippen LogP contribution >= 0.6 is 0 Å². The first-order valence-electron chi connectivity index (χ1n) is 11.7. The number of nitrogen functional groups attached to an aromatic ring is 1. The number of benzene rings is 3. The largest absolute Gasteiger partial charge is 0.491 e. The number of ether oxygens (including phenoxy) is 3. The molecular weight excluding hydrogens is 430 g/mol. The fourth-order valence-corrected chi connectivity index (χ4v) is 5.15. The van der Waals surface area contributed by atoms with Gasteiger partial charge in [0, 0.05) is 23.0 Å². The van der Waals surface area contributed by atoms with Gasteiger partial charge in [-0.2, -0.15) is 0 Å². The molecule has 174 valence electrons. The van der Waals surface area contributed by atoms with Gasteiger partial charge in [0.1, 0.15) is 17.8 Å². The van der Waals surface area contributed by atoms with E-state index in [1.165, 1.54) is 25.9 Å². The summed E-state index contributed by atoms with van der Waals surface area (Å²) in [6, 6.07) is 19.3. The summed E-state index contributed by atoms with van der Waals surface area (Å²) in [5.41, 5.74) is 9.35. The Morgan fingerprint density at radius 2 is 1.62 bits per heavy atom. The van der Waals surface area contributed by atoms with Gasteiger partial charge in [-0.15, -0.1) is 0 Å². The normalized spacial score (nSPS) is 21.2. The van der Waals surface area contributed by atoms with Gasteiger partial charge in [-0.25, -0.2) is 0 Å². The molecular formula is C27H27N3O4. The van der Waals surface area contributed by atoms with Gasteiger partial charge in [-0.1, -0.05) is 30.3 Å². The lowest BCUT2D eigenvalue weighted by molar-refractivity contribution is -0.122. The summed E-state index contributed by atoms with van der Waals surface area (Å²) in [6.07, 6.45) is 2.78. The molecule has 4 heterocycles. The maximum Gasteiger partial charge on any atom is 0.246 e. The molecule has 34 heavy (non-hydrogen) atoms. The number of nitrogens with two attached hydrogens (primary N) is 1. The van der Waals surface area contributed by atoms with Gasteiger partial charge in [-0.05, 0) is 61.3 Å². The van der Waals surface area contributed by atoms with Crippen LogP contribution in [-0.2, 0) is 16.8 Å². The molecule has 3 aromatic rings. The minimum Gasteiger partial charge on any atom is -0.491 e. The number of carbonyl (C=O) groups excluding carboxylic acids is 1. The van der Waals surface area contributed by atoms with Gasteiger partial charge >= 0.3 is 0 Å². The first-order valence-corrected chi connectivity index (χ1v) is 11.7. The first-order chi connectivity index (χ1) is 16.7. The topological polar surface area (TPSA) is 86.1 Å². The van der Waals surface area contributed by atoms with E-state index in [0.29, 0.717) is 29.5 Å². The van der Waals surface area contributed by atoms with Crippen molar-refractivity contribution in [2.75, 3.05) is 37.1 Å². The summed E-state index contributed by atoms with van der Waals surface area (Å²) in [7, 11) is 0. The molecule has 0 aromatic heterocycles.